The van der Waals surface area contributed by atoms with Crippen molar-refractivity contribution in [2.24, 2.45) is 11.8 Å². The first-order valence-corrected chi connectivity index (χ1v) is 33.3. The normalized spacial score (nSPS) is 12.8. The Bertz CT molecular complexity index is 1120. The molecule has 0 aliphatic carbocycles. The van der Waals surface area contributed by atoms with E-state index in [9.17, 15) is 14.4 Å². The number of esters is 3. The minimum atomic E-state index is -0.764. The molecule has 0 saturated heterocycles. The van der Waals surface area contributed by atoms with E-state index >= 15 is 0 Å². The van der Waals surface area contributed by atoms with Crippen molar-refractivity contribution in [1.29, 1.82) is 0 Å². The molecule has 0 rings (SSSR count). The predicted octanol–water partition coefficient (Wildman–Crippen LogP) is 22.4. The fourth-order valence-electron chi connectivity index (χ4n) is 10.4. The molecular weight excluding hydrogens is 901 g/mol. The predicted molar refractivity (Wildman–Crippen MR) is 316 cm³/mol. The van der Waals surface area contributed by atoms with Gasteiger partial charge in [0.1, 0.15) is 13.2 Å². The van der Waals surface area contributed by atoms with Crippen LogP contribution < -0.4 is 0 Å². The van der Waals surface area contributed by atoms with E-state index < -0.39 is 6.10 Å². The Balaban J connectivity index is 4.26. The lowest BCUT2D eigenvalue weighted by Gasteiger charge is -2.18. The Labute approximate surface area is 457 Å². The van der Waals surface area contributed by atoms with E-state index in [2.05, 4.69) is 34.6 Å². The smallest absolute Gasteiger partial charge is 0.306 e. The lowest BCUT2D eigenvalue weighted by atomic mass is 9.99. The molecule has 0 aliphatic rings. The van der Waals surface area contributed by atoms with Crippen LogP contribution in [-0.2, 0) is 28.6 Å². The second-order valence-corrected chi connectivity index (χ2v) is 23.6. The van der Waals surface area contributed by atoms with Gasteiger partial charge in [0.2, 0.25) is 0 Å². The lowest BCUT2D eigenvalue weighted by molar-refractivity contribution is -0.167. The maximum Gasteiger partial charge on any atom is 0.306 e. The highest BCUT2D eigenvalue weighted by molar-refractivity contribution is 5.71. The van der Waals surface area contributed by atoms with Crippen molar-refractivity contribution in [3.8, 4) is 0 Å². The summed E-state index contributed by atoms with van der Waals surface area (Å²) >= 11 is 0. The second-order valence-electron chi connectivity index (χ2n) is 23.6. The maximum atomic E-state index is 12.9. The summed E-state index contributed by atoms with van der Waals surface area (Å²) in [4.78, 5) is 38.4. The van der Waals surface area contributed by atoms with Crippen LogP contribution in [0.4, 0.5) is 0 Å². The summed E-state index contributed by atoms with van der Waals surface area (Å²) in [6.07, 6.45) is 66.7. The van der Waals surface area contributed by atoms with Gasteiger partial charge in [-0.05, 0) is 31.1 Å². The molecule has 2 unspecified atom stereocenters. The Kier molecular flexibility index (Phi) is 58.4. The summed E-state index contributed by atoms with van der Waals surface area (Å²) in [5.41, 5.74) is 0. The summed E-state index contributed by atoms with van der Waals surface area (Å²) in [6.45, 7) is 11.5. The van der Waals surface area contributed by atoms with Crippen LogP contribution in [0.25, 0.3) is 0 Å². The van der Waals surface area contributed by atoms with Gasteiger partial charge in [0.05, 0.1) is 0 Å². The van der Waals surface area contributed by atoms with Gasteiger partial charge < -0.3 is 14.2 Å². The lowest BCUT2D eigenvalue weighted by Crippen LogP contribution is -2.30. The van der Waals surface area contributed by atoms with E-state index in [1.54, 1.807) is 0 Å². The van der Waals surface area contributed by atoms with Gasteiger partial charge in [-0.15, -0.1) is 0 Å². The molecule has 0 bridgehead atoms. The molecule has 0 amide bonds. The Morgan fingerprint density at radius 2 is 0.479 bits per heavy atom. The molecule has 0 spiro atoms. The molecule has 73 heavy (non-hydrogen) atoms. The van der Waals surface area contributed by atoms with E-state index in [-0.39, 0.29) is 31.1 Å². The third-order valence-electron chi connectivity index (χ3n) is 16.2. The van der Waals surface area contributed by atoms with Crippen molar-refractivity contribution >= 4 is 17.9 Å². The SMILES string of the molecule is CCCCCCCCCCCCCCCCCCCCCC(=O)OC[C@H](COC(=O)CCCCCCCCCCCCC(C)CC)OC(=O)CCCCCCCCCCCCCCCCCCCCC(C)CC. The van der Waals surface area contributed by atoms with Crippen LogP contribution in [0.2, 0.25) is 0 Å². The average Bonchev–Trinajstić information content (AvgIpc) is 3.39. The van der Waals surface area contributed by atoms with Crippen molar-refractivity contribution < 1.29 is 28.6 Å². The first-order chi connectivity index (χ1) is 35.8. The van der Waals surface area contributed by atoms with Gasteiger partial charge in [0.25, 0.3) is 0 Å². The Hall–Kier alpha value is -1.59. The molecule has 0 aromatic heterocycles. The van der Waals surface area contributed by atoms with Crippen LogP contribution in [0.5, 0.6) is 0 Å². The zero-order chi connectivity index (χ0) is 53.2. The number of ether oxygens (including phenoxy) is 3. The van der Waals surface area contributed by atoms with Crippen LogP contribution in [0.3, 0.4) is 0 Å². The molecule has 0 heterocycles. The van der Waals surface area contributed by atoms with Gasteiger partial charge in [-0.1, -0.05) is 343 Å². The summed E-state index contributed by atoms with van der Waals surface area (Å²) in [5, 5.41) is 0. The number of carbonyl (C=O) groups is 3. The van der Waals surface area contributed by atoms with Crippen molar-refractivity contribution in [3.63, 3.8) is 0 Å². The molecular formula is C67H130O6. The Morgan fingerprint density at radius 1 is 0.274 bits per heavy atom. The number of hydrogen-bond donors (Lipinski definition) is 0. The number of rotatable bonds is 61. The third kappa shape index (κ3) is 57.9. The van der Waals surface area contributed by atoms with Gasteiger partial charge in [-0.25, -0.2) is 0 Å². The molecule has 3 atom stereocenters. The van der Waals surface area contributed by atoms with Gasteiger partial charge in [0, 0.05) is 19.3 Å². The zero-order valence-electron chi connectivity index (χ0n) is 50.3. The van der Waals surface area contributed by atoms with E-state index in [0.717, 1.165) is 69.6 Å². The van der Waals surface area contributed by atoms with Crippen LogP contribution in [-0.4, -0.2) is 37.2 Å². The summed E-state index contributed by atoms with van der Waals surface area (Å²) in [6, 6.07) is 0. The van der Waals surface area contributed by atoms with Gasteiger partial charge in [0.15, 0.2) is 6.10 Å². The number of unbranched alkanes of at least 4 members (excludes halogenated alkanes) is 44. The summed E-state index contributed by atoms with van der Waals surface area (Å²) < 4.78 is 17.0. The molecule has 6 heteroatoms. The molecule has 0 aromatic rings. The molecule has 0 N–H and O–H groups in total. The highest BCUT2D eigenvalue weighted by atomic mass is 16.6. The molecule has 0 fully saturated rings. The van der Waals surface area contributed by atoms with Gasteiger partial charge in [-0.2, -0.15) is 0 Å². The minimum absolute atomic E-state index is 0.0618. The van der Waals surface area contributed by atoms with E-state index in [0.29, 0.717) is 19.3 Å². The fourth-order valence-corrected chi connectivity index (χ4v) is 10.4. The van der Waals surface area contributed by atoms with Crippen molar-refractivity contribution in [2.75, 3.05) is 13.2 Å². The second kappa shape index (κ2) is 59.7. The first-order valence-electron chi connectivity index (χ1n) is 33.3. The fraction of sp³-hybridized carbons (Fsp3) is 0.955. The van der Waals surface area contributed by atoms with Crippen molar-refractivity contribution in [2.45, 2.75) is 387 Å². The van der Waals surface area contributed by atoms with Gasteiger partial charge in [-0.3, -0.25) is 14.4 Å². The topological polar surface area (TPSA) is 78.9 Å². The van der Waals surface area contributed by atoms with Crippen LogP contribution in [0, 0.1) is 11.8 Å². The maximum absolute atomic E-state index is 12.9. The minimum Gasteiger partial charge on any atom is -0.462 e. The average molecular weight is 1030 g/mol. The molecule has 6 nitrogen and oxygen atoms in total. The zero-order valence-corrected chi connectivity index (χ0v) is 50.3. The van der Waals surface area contributed by atoms with Crippen LogP contribution in [0.1, 0.15) is 381 Å². The Morgan fingerprint density at radius 3 is 0.712 bits per heavy atom. The standard InChI is InChI=1S/C67H130O6/c1-6-9-10-11-12-13-14-15-16-17-18-22-25-28-31-37-42-47-52-57-65(68)71-60-64(61-72-66(69)58-53-48-43-38-34-33-36-41-46-51-56-63(5)8-3)73-67(70)59-54-49-44-39-32-29-26-23-20-19-21-24-27-30-35-40-45-50-55-62(4)7-2/h62-64H,6-61H2,1-5H3/t62?,63?,64-/m1/s1. The van der Waals surface area contributed by atoms with Crippen molar-refractivity contribution in [3.05, 3.63) is 0 Å². The summed E-state index contributed by atoms with van der Waals surface area (Å²) in [7, 11) is 0. The molecule has 0 radical (unpaired) electrons. The number of carbonyl (C=O) groups excluding carboxylic acids is 3. The molecule has 0 aliphatic heterocycles. The van der Waals surface area contributed by atoms with Crippen LogP contribution in [0.15, 0.2) is 0 Å². The molecule has 0 saturated carbocycles. The molecule has 0 aromatic carbocycles. The van der Waals surface area contributed by atoms with Crippen molar-refractivity contribution in [1.82, 2.24) is 0 Å². The highest BCUT2D eigenvalue weighted by Gasteiger charge is 2.20. The van der Waals surface area contributed by atoms with E-state index in [1.165, 1.54) is 270 Å². The van der Waals surface area contributed by atoms with E-state index in [1.807, 2.05) is 0 Å². The van der Waals surface area contributed by atoms with Crippen LogP contribution >= 0.6 is 0 Å². The third-order valence-corrected chi connectivity index (χ3v) is 16.2. The van der Waals surface area contributed by atoms with Gasteiger partial charge >= 0.3 is 17.9 Å². The van der Waals surface area contributed by atoms with E-state index in [4.69, 9.17) is 14.2 Å². The molecule has 434 valence electrons. The first kappa shape index (κ1) is 71.4. The number of hydrogen-bond acceptors (Lipinski definition) is 6. The highest BCUT2D eigenvalue weighted by Crippen LogP contribution is 2.20. The monoisotopic (exact) mass is 1030 g/mol. The quantitative estimate of drug-likeness (QED) is 0.0343. The largest absolute Gasteiger partial charge is 0.462 e. The summed E-state index contributed by atoms with van der Waals surface area (Å²) in [5.74, 6) is 0.949.